The molecule has 3 unspecified atom stereocenters. The Bertz CT molecular complexity index is 524. The van der Waals surface area contributed by atoms with Crippen LogP contribution in [-0.4, -0.2) is 17.5 Å². The highest BCUT2D eigenvalue weighted by molar-refractivity contribution is 7.97. The molecule has 206 valence electrons. The van der Waals surface area contributed by atoms with Gasteiger partial charge in [-0.3, -0.25) is 4.79 Å². The average Bonchev–Trinajstić information content (AvgIpc) is 2.86. The summed E-state index contributed by atoms with van der Waals surface area (Å²) in [4.78, 5) is 11.7. The molecule has 4 heteroatoms. The fraction of sp³-hybridized carbons (Fsp3) is 0.903. The summed E-state index contributed by atoms with van der Waals surface area (Å²) in [6.45, 7) is 10.3. The number of carbonyl (C=O) groups excluding carboxylic acids is 1. The number of nitrogens with zero attached hydrogens (tertiary/aromatic N) is 1. The van der Waals surface area contributed by atoms with Gasteiger partial charge in [0.15, 0.2) is 0 Å². The number of carbonyl (C=O) groups is 1. The largest absolute Gasteiger partial charge is 0.271 e. The standard InChI is InChI=1S/C31H59NO2S/c1-5-8-10-18-22-29(30(24-9-6-2)28(4)21-7-3)23-19-16-14-12-11-13-15-17-20-26-32-31(33)25-27-35-34-32/h25,27-30H,5-24,26H2,1-4H3. The lowest BCUT2D eigenvalue weighted by molar-refractivity contribution is -0.149. The fourth-order valence-corrected chi connectivity index (χ4v) is 6.30. The van der Waals surface area contributed by atoms with Gasteiger partial charge in [-0.1, -0.05) is 143 Å². The monoisotopic (exact) mass is 509 g/mol. The third-order valence-electron chi connectivity index (χ3n) is 7.98. The van der Waals surface area contributed by atoms with Crippen molar-refractivity contribution in [2.45, 2.75) is 156 Å². The molecule has 3 nitrogen and oxygen atoms in total. The van der Waals surface area contributed by atoms with Gasteiger partial charge in [-0.05, 0) is 30.6 Å². The van der Waals surface area contributed by atoms with Gasteiger partial charge in [-0.25, -0.2) is 5.06 Å². The van der Waals surface area contributed by atoms with Crippen molar-refractivity contribution in [3.05, 3.63) is 11.5 Å². The first kappa shape index (κ1) is 32.5. The maximum atomic E-state index is 11.7. The molecular formula is C31H59NO2S. The zero-order chi connectivity index (χ0) is 25.6. The van der Waals surface area contributed by atoms with Crippen LogP contribution in [0.25, 0.3) is 0 Å². The maximum Gasteiger partial charge on any atom is 0.271 e. The summed E-state index contributed by atoms with van der Waals surface area (Å²) in [6.07, 6.45) is 29.0. The zero-order valence-electron chi connectivity index (χ0n) is 23.9. The summed E-state index contributed by atoms with van der Waals surface area (Å²) in [5.74, 6) is 2.79. The molecule has 0 saturated carbocycles. The first-order valence-electron chi connectivity index (χ1n) is 15.4. The van der Waals surface area contributed by atoms with E-state index in [-0.39, 0.29) is 5.91 Å². The molecular weight excluding hydrogens is 450 g/mol. The van der Waals surface area contributed by atoms with Crippen molar-refractivity contribution in [3.63, 3.8) is 0 Å². The average molecular weight is 510 g/mol. The Balaban J connectivity index is 2.20. The second kappa shape index (κ2) is 22.7. The smallest absolute Gasteiger partial charge is 0.267 e. The van der Waals surface area contributed by atoms with Crippen LogP contribution in [0.15, 0.2) is 11.5 Å². The molecule has 1 amide bonds. The summed E-state index contributed by atoms with van der Waals surface area (Å²) in [6, 6.07) is 0. The van der Waals surface area contributed by atoms with Gasteiger partial charge in [-0.2, -0.15) is 4.28 Å². The van der Waals surface area contributed by atoms with Crippen molar-refractivity contribution < 1.29 is 9.08 Å². The second-order valence-electron chi connectivity index (χ2n) is 11.1. The highest BCUT2D eigenvalue weighted by atomic mass is 32.2. The van der Waals surface area contributed by atoms with E-state index >= 15 is 0 Å². The molecule has 0 aromatic heterocycles. The molecule has 1 aliphatic heterocycles. The highest BCUT2D eigenvalue weighted by Gasteiger charge is 2.25. The van der Waals surface area contributed by atoms with Crippen LogP contribution < -0.4 is 0 Å². The number of unbranched alkanes of at least 4 members (excludes halogenated alkanes) is 12. The molecule has 0 saturated heterocycles. The lowest BCUT2D eigenvalue weighted by atomic mass is 9.73. The number of hydroxylamine groups is 2. The third-order valence-corrected chi connectivity index (χ3v) is 8.49. The van der Waals surface area contributed by atoms with Crippen molar-refractivity contribution in [3.8, 4) is 0 Å². The van der Waals surface area contributed by atoms with Gasteiger partial charge in [-0.15, -0.1) is 0 Å². The van der Waals surface area contributed by atoms with Gasteiger partial charge in [0.1, 0.15) is 0 Å². The molecule has 0 fully saturated rings. The molecule has 0 aliphatic carbocycles. The Morgan fingerprint density at radius 1 is 0.714 bits per heavy atom. The molecule has 0 radical (unpaired) electrons. The number of hydrogen-bond donors (Lipinski definition) is 0. The third kappa shape index (κ3) is 16.1. The molecule has 0 aromatic rings. The summed E-state index contributed by atoms with van der Waals surface area (Å²) >= 11 is 1.23. The van der Waals surface area contributed by atoms with E-state index in [1.807, 2.05) is 0 Å². The van der Waals surface area contributed by atoms with E-state index in [1.54, 1.807) is 11.5 Å². The minimum atomic E-state index is -0.0246. The number of rotatable bonds is 24. The van der Waals surface area contributed by atoms with Crippen LogP contribution in [0.2, 0.25) is 0 Å². The second-order valence-corrected chi connectivity index (χ2v) is 11.7. The van der Waals surface area contributed by atoms with Gasteiger partial charge < -0.3 is 0 Å². The van der Waals surface area contributed by atoms with E-state index in [9.17, 15) is 4.79 Å². The first-order chi connectivity index (χ1) is 17.1. The van der Waals surface area contributed by atoms with Crippen LogP contribution in [0, 0.1) is 17.8 Å². The van der Waals surface area contributed by atoms with E-state index in [4.69, 9.17) is 4.28 Å². The Morgan fingerprint density at radius 2 is 1.29 bits per heavy atom. The molecule has 0 aromatic carbocycles. The van der Waals surface area contributed by atoms with Crippen LogP contribution in [0.3, 0.4) is 0 Å². The van der Waals surface area contributed by atoms with Gasteiger partial charge in [0, 0.05) is 11.5 Å². The first-order valence-corrected chi connectivity index (χ1v) is 16.3. The zero-order valence-corrected chi connectivity index (χ0v) is 24.7. The highest BCUT2D eigenvalue weighted by Crippen LogP contribution is 2.36. The van der Waals surface area contributed by atoms with Crippen molar-refractivity contribution in [2.75, 3.05) is 6.54 Å². The molecule has 0 spiro atoms. The van der Waals surface area contributed by atoms with Crippen molar-refractivity contribution >= 4 is 17.9 Å². The summed E-state index contributed by atoms with van der Waals surface area (Å²) < 4.78 is 5.29. The molecule has 35 heavy (non-hydrogen) atoms. The van der Waals surface area contributed by atoms with E-state index in [2.05, 4.69) is 27.7 Å². The Hall–Kier alpha value is -0.480. The number of amides is 1. The van der Waals surface area contributed by atoms with E-state index < -0.39 is 0 Å². The van der Waals surface area contributed by atoms with Gasteiger partial charge in [0.05, 0.1) is 18.6 Å². The molecule has 3 atom stereocenters. The molecule has 1 heterocycles. The van der Waals surface area contributed by atoms with E-state index in [0.29, 0.717) is 6.54 Å². The normalized spacial score (nSPS) is 16.6. The van der Waals surface area contributed by atoms with Crippen LogP contribution in [0.5, 0.6) is 0 Å². The maximum absolute atomic E-state index is 11.7. The quantitative estimate of drug-likeness (QED) is 0.0957. The van der Waals surface area contributed by atoms with E-state index in [1.165, 1.54) is 139 Å². The Morgan fingerprint density at radius 3 is 1.86 bits per heavy atom. The summed E-state index contributed by atoms with van der Waals surface area (Å²) in [7, 11) is 0. The van der Waals surface area contributed by atoms with Crippen LogP contribution in [-0.2, 0) is 9.08 Å². The van der Waals surface area contributed by atoms with Crippen molar-refractivity contribution in [2.24, 2.45) is 17.8 Å². The minimum Gasteiger partial charge on any atom is -0.267 e. The SMILES string of the molecule is CCCCCCC(CCCCCCCCCCCN1OSC=CC1=O)C(CCCC)C(C)CCC. The number of hydrogen-bond acceptors (Lipinski definition) is 3. The predicted molar refractivity (Wildman–Crippen MR) is 155 cm³/mol. The molecule has 0 bridgehead atoms. The van der Waals surface area contributed by atoms with Crippen molar-refractivity contribution in [1.29, 1.82) is 0 Å². The minimum absolute atomic E-state index is 0.0246. The van der Waals surface area contributed by atoms with Crippen molar-refractivity contribution in [1.82, 2.24) is 5.06 Å². The summed E-state index contributed by atoms with van der Waals surface area (Å²) in [5, 5.41) is 3.18. The summed E-state index contributed by atoms with van der Waals surface area (Å²) in [5.41, 5.74) is 0. The topological polar surface area (TPSA) is 29.5 Å². The molecule has 1 aliphatic rings. The molecule has 0 N–H and O–H groups in total. The molecule has 1 rings (SSSR count). The lowest BCUT2D eigenvalue weighted by Gasteiger charge is -2.33. The van der Waals surface area contributed by atoms with Gasteiger partial charge >= 0.3 is 0 Å². The Labute approximate surface area is 223 Å². The fourth-order valence-electron chi connectivity index (χ4n) is 5.83. The van der Waals surface area contributed by atoms with Crippen LogP contribution >= 0.6 is 12.0 Å². The predicted octanol–water partition coefficient (Wildman–Crippen LogP) is 10.7. The Kier molecular flexibility index (Phi) is 21.1. The lowest BCUT2D eigenvalue weighted by Crippen LogP contribution is -2.29. The van der Waals surface area contributed by atoms with Gasteiger partial charge in [0.2, 0.25) is 0 Å². The van der Waals surface area contributed by atoms with Gasteiger partial charge in [0.25, 0.3) is 5.91 Å². The van der Waals surface area contributed by atoms with Crippen LogP contribution in [0.4, 0.5) is 0 Å². The van der Waals surface area contributed by atoms with E-state index in [0.717, 1.165) is 24.2 Å². The van der Waals surface area contributed by atoms with Crippen LogP contribution in [0.1, 0.15) is 156 Å².